The molecule has 59 valence electrons. The lowest BCUT2D eigenvalue weighted by atomic mass is 10.3. The molecule has 11 heavy (non-hydrogen) atoms. The van der Waals surface area contributed by atoms with Gasteiger partial charge in [0, 0.05) is 11.0 Å². The molecule has 0 fully saturated rings. The molecule has 0 N–H and O–H groups in total. The van der Waals surface area contributed by atoms with Gasteiger partial charge >= 0.3 is 0 Å². The minimum atomic E-state index is -0.231. The highest BCUT2D eigenvalue weighted by Gasteiger charge is 1.98. The van der Waals surface area contributed by atoms with Crippen LogP contribution in [0, 0.1) is 11.9 Å². The average molecular weight is 169 g/mol. The Morgan fingerprint density at radius 3 is 3.09 bits per heavy atom. The molecule has 0 aliphatic heterocycles. The smallest absolute Gasteiger partial charge is 0.144 e. The van der Waals surface area contributed by atoms with E-state index in [1.807, 2.05) is 0 Å². The van der Waals surface area contributed by atoms with Crippen LogP contribution in [-0.2, 0) is 0 Å². The molecule has 1 aromatic rings. The molecule has 1 radical (unpaired) electrons. The molecule has 2 heteroatoms. The number of hydrogen-bond acceptors (Lipinski definition) is 1. The molecule has 0 unspecified atom stereocenters. The monoisotopic (exact) mass is 169 g/mol. The van der Waals surface area contributed by atoms with E-state index in [4.69, 9.17) is 0 Å². The van der Waals surface area contributed by atoms with Crippen LogP contribution in [0.3, 0.4) is 0 Å². The van der Waals surface area contributed by atoms with Gasteiger partial charge in [-0.25, -0.2) is 4.39 Å². The largest absolute Gasteiger partial charge is 0.205 e. The summed E-state index contributed by atoms with van der Waals surface area (Å²) in [6.45, 7) is 2.08. The summed E-state index contributed by atoms with van der Waals surface area (Å²) in [7, 11) is 0. The summed E-state index contributed by atoms with van der Waals surface area (Å²) in [5, 5.41) is 0. The van der Waals surface area contributed by atoms with E-state index in [1.54, 1.807) is 30.0 Å². The maximum absolute atomic E-state index is 12.8. The van der Waals surface area contributed by atoms with Crippen LogP contribution >= 0.6 is 11.8 Å². The van der Waals surface area contributed by atoms with Crippen LogP contribution in [0.25, 0.3) is 0 Å². The van der Waals surface area contributed by atoms with Gasteiger partial charge in [-0.15, -0.1) is 11.8 Å². The van der Waals surface area contributed by atoms with Gasteiger partial charge < -0.3 is 0 Å². The molecule has 1 rings (SSSR count). The van der Waals surface area contributed by atoms with E-state index < -0.39 is 0 Å². The molecule has 0 nitrogen and oxygen atoms in total. The van der Waals surface area contributed by atoms with Gasteiger partial charge in [0.2, 0.25) is 0 Å². The summed E-state index contributed by atoms with van der Waals surface area (Å²) in [5.74, 6) is 0.736. The fourth-order valence-corrected chi connectivity index (χ4v) is 1.51. The van der Waals surface area contributed by atoms with Crippen molar-refractivity contribution in [3.8, 4) is 0 Å². The van der Waals surface area contributed by atoms with Crippen molar-refractivity contribution in [3.05, 3.63) is 30.1 Å². The van der Waals surface area contributed by atoms with Gasteiger partial charge in [-0.2, -0.15) is 0 Å². The third kappa shape index (κ3) is 2.54. The highest BCUT2D eigenvalue weighted by atomic mass is 32.2. The average Bonchev–Trinajstić information content (AvgIpc) is 2.03. The first kappa shape index (κ1) is 8.60. The molecule has 0 heterocycles. The Hall–Kier alpha value is -0.500. The molecule has 0 saturated carbocycles. The molecule has 0 spiro atoms. The Bertz CT molecular complexity index is 223. The van der Waals surface area contributed by atoms with Crippen LogP contribution in [0.15, 0.2) is 23.1 Å². The number of benzene rings is 1. The lowest BCUT2D eigenvalue weighted by molar-refractivity contribution is 0.599. The fourth-order valence-electron chi connectivity index (χ4n) is 0.725. The lowest BCUT2D eigenvalue weighted by Gasteiger charge is -1.98. The molecular weight excluding hydrogens is 159 g/mol. The van der Waals surface area contributed by atoms with E-state index in [2.05, 4.69) is 13.0 Å². The molecule has 0 saturated heterocycles. The minimum absolute atomic E-state index is 0.231. The van der Waals surface area contributed by atoms with Crippen molar-refractivity contribution in [3.63, 3.8) is 0 Å². The first-order valence-corrected chi connectivity index (χ1v) is 4.62. The van der Waals surface area contributed by atoms with Gasteiger partial charge in [0.1, 0.15) is 5.82 Å². The zero-order valence-electron chi connectivity index (χ0n) is 6.43. The summed E-state index contributed by atoms with van der Waals surface area (Å²) in [6, 6.07) is 7.70. The number of thioether (sulfide) groups is 1. The topological polar surface area (TPSA) is 0 Å². The van der Waals surface area contributed by atoms with Crippen molar-refractivity contribution in [2.24, 2.45) is 0 Å². The van der Waals surface area contributed by atoms with Crippen LogP contribution in [0.4, 0.5) is 4.39 Å². The van der Waals surface area contributed by atoms with Gasteiger partial charge in [-0.05, 0) is 18.2 Å². The van der Waals surface area contributed by atoms with Crippen molar-refractivity contribution < 1.29 is 4.39 Å². The Morgan fingerprint density at radius 1 is 1.64 bits per heavy atom. The molecular formula is C9H10FS. The minimum Gasteiger partial charge on any atom is -0.205 e. The Balaban J connectivity index is 2.62. The van der Waals surface area contributed by atoms with Crippen LogP contribution in [0.2, 0.25) is 0 Å². The molecule has 0 aliphatic rings. The quantitative estimate of drug-likeness (QED) is 0.626. The predicted octanol–water partition coefficient (Wildman–Crippen LogP) is 3.13. The summed E-state index contributed by atoms with van der Waals surface area (Å²) < 4.78 is 12.8. The maximum Gasteiger partial charge on any atom is 0.144 e. The van der Waals surface area contributed by atoms with Crippen molar-refractivity contribution in [2.45, 2.75) is 18.2 Å². The third-order valence-electron chi connectivity index (χ3n) is 1.23. The fraction of sp³-hybridized carbons (Fsp3) is 0.333. The van der Waals surface area contributed by atoms with E-state index in [0.29, 0.717) is 4.90 Å². The van der Waals surface area contributed by atoms with Crippen LogP contribution in [-0.4, -0.2) is 5.75 Å². The van der Waals surface area contributed by atoms with Crippen molar-refractivity contribution in [1.29, 1.82) is 0 Å². The summed E-state index contributed by atoms with van der Waals surface area (Å²) in [5.41, 5.74) is 0. The van der Waals surface area contributed by atoms with Crippen molar-refractivity contribution >= 4 is 11.8 Å². The Labute approximate surface area is 70.8 Å². The normalized spacial score (nSPS) is 10.0. The molecule has 0 aliphatic carbocycles. The summed E-state index contributed by atoms with van der Waals surface area (Å²) >= 11 is 1.54. The maximum atomic E-state index is 12.8. The van der Waals surface area contributed by atoms with Gasteiger partial charge in [0.05, 0.1) is 0 Å². The summed E-state index contributed by atoms with van der Waals surface area (Å²) in [4.78, 5) is 0.703. The zero-order chi connectivity index (χ0) is 8.10. The number of hydrogen-bond donors (Lipinski definition) is 0. The van der Waals surface area contributed by atoms with Crippen LogP contribution in [0.1, 0.15) is 13.3 Å². The summed E-state index contributed by atoms with van der Waals surface area (Å²) in [6.07, 6.45) is 1.07. The lowest BCUT2D eigenvalue weighted by Crippen LogP contribution is -1.81. The van der Waals surface area contributed by atoms with Crippen LogP contribution in [0.5, 0.6) is 0 Å². The Kier molecular flexibility index (Phi) is 3.43. The highest BCUT2D eigenvalue weighted by Crippen LogP contribution is 2.20. The van der Waals surface area contributed by atoms with E-state index in [-0.39, 0.29) is 5.82 Å². The predicted molar refractivity (Wildman–Crippen MR) is 46.3 cm³/mol. The molecule has 0 bridgehead atoms. The highest BCUT2D eigenvalue weighted by molar-refractivity contribution is 7.99. The van der Waals surface area contributed by atoms with Gasteiger partial charge in [-0.3, -0.25) is 0 Å². The molecule has 0 amide bonds. The zero-order valence-corrected chi connectivity index (χ0v) is 7.25. The van der Waals surface area contributed by atoms with Crippen molar-refractivity contribution in [1.82, 2.24) is 0 Å². The molecule has 0 aromatic heterocycles. The first-order valence-electron chi connectivity index (χ1n) is 3.63. The van der Waals surface area contributed by atoms with Crippen molar-refractivity contribution in [2.75, 3.05) is 5.75 Å². The Morgan fingerprint density at radius 2 is 2.45 bits per heavy atom. The van der Waals surface area contributed by atoms with Gasteiger partial charge in [0.25, 0.3) is 0 Å². The number of halogens is 1. The van der Waals surface area contributed by atoms with Crippen LogP contribution < -0.4 is 0 Å². The third-order valence-corrected chi connectivity index (χ3v) is 2.47. The van der Waals surface area contributed by atoms with E-state index in [0.717, 1.165) is 12.2 Å². The standard InChI is InChI=1S/C9H10FS/c1-2-7-11-9-6-4-3-5-8(9)10/h3-4,6H,2,7H2,1H3. The molecule has 1 aromatic carbocycles. The number of rotatable bonds is 3. The van der Waals surface area contributed by atoms with E-state index >= 15 is 0 Å². The second kappa shape index (κ2) is 4.39. The van der Waals surface area contributed by atoms with E-state index in [9.17, 15) is 4.39 Å². The second-order valence-corrected chi connectivity index (χ2v) is 3.33. The first-order chi connectivity index (χ1) is 5.34. The van der Waals surface area contributed by atoms with E-state index in [1.165, 1.54) is 0 Å². The second-order valence-electron chi connectivity index (χ2n) is 2.20. The van der Waals surface area contributed by atoms with Gasteiger partial charge in [-0.1, -0.05) is 19.1 Å². The van der Waals surface area contributed by atoms with Gasteiger partial charge in [0.15, 0.2) is 0 Å². The molecule has 0 atom stereocenters. The SMILES string of the molecule is CCCSc1ccc[c]c1F.